The second-order valence-corrected chi connectivity index (χ2v) is 8.04. The van der Waals surface area contributed by atoms with E-state index < -0.39 is 0 Å². The monoisotopic (exact) mass is 459 g/mol. The molecule has 33 heavy (non-hydrogen) atoms. The van der Waals surface area contributed by atoms with Crippen molar-refractivity contribution >= 4 is 23.2 Å². The molecule has 1 saturated heterocycles. The third-order valence-electron chi connectivity index (χ3n) is 5.38. The Bertz CT molecular complexity index is 1200. The topological polar surface area (TPSA) is 80.2 Å². The van der Waals surface area contributed by atoms with Crippen LogP contribution in [-0.4, -0.2) is 51.3 Å². The summed E-state index contributed by atoms with van der Waals surface area (Å²) < 4.78 is 5.82. The minimum Gasteiger partial charge on any atom is -0.472 e. The predicted molar refractivity (Wildman–Crippen MR) is 128 cm³/mol. The summed E-state index contributed by atoms with van der Waals surface area (Å²) in [6, 6.07) is 17.3. The summed E-state index contributed by atoms with van der Waals surface area (Å²) in [7, 11) is 0. The van der Waals surface area contributed by atoms with Crippen LogP contribution in [0.2, 0.25) is 5.02 Å². The normalized spacial score (nSPS) is 13.7. The maximum atomic E-state index is 6.04. The summed E-state index contributed by atoms with van der Waals surface area (Å²) in [5, 5.41) is 9.44. The van der Waals surface area contributed by atoms with Gasteiger partial charge in [0.15, 0.2) is 11.6 Å². The second kappa shape index (κ2) is 9.79. The summed E-state index contributed by atoms with van der Waals surface area (Å²) in [6.07, 6.45) is 5.15. The minimum atomic E-state index is 0.389. The van der Waals surface area contributed by atoms with Gasteiger partial charge in [-0.15, -0.1) is 10.2 Å². The standard InChI is InChI=1S/C24H22ClN7O/c25-19-5-3-4-18(14-19)17-33-24-16-26-15-23(28-24)32-12-10-31(11-13-32)22-8-7-21(29-30-22)20-6-1-2-9-27-20/h1-9,14-16H,10-13,17H2. The molecule has 0 amide bonds. The molecule has 166 valence electrons. The lowest BCUT2D eigenvalue weighted by atomic mass is 10.2. The fraction of sp³-hybridized carbons (Fsp3) is 0.208. The molecule has 3 aromatic heterocycles. The van der Waals surface area contributed by atoms with Crippen molar-refractivity contribution in [3.05, 3.63) is 83.8 Å². The lowest BCUT2D eigenvalue weighted by molar-refractivity contribution is 0.292. The predicted octanol–water partition coefficient (Wildman–Crippen LogP) is 3.89. The number of piperazine rings is 1. The molecule has 4 aromatic rings. The zero-order valence-electron chi connectivity index (χ0n) is 17.9. The van der Waals surface area contributed by atoms with Gasteiger partial charge in [0.25, 0.3) is 0 Å². The van der Waals surface area contributed by atoms with E-state index in [4.69, 9.17) is 16.3 Å². The van der Waals surface area contributed by atoms with E-state index in [0.717, 1.165) is 54.8 Å². The number of ether oxygens (including phenoxy) is 1. The van der Waals surface area contributed by atoms with Crippen LogP contribution in [0.15, 0.2) is 73.2 Å². The Morgan fingerprint density at radius 3 is 2.39 bits per heavy atom. The molecule has 1 aliphatic heterocycles. The number of hydrogen-bond donors (Lipinski definition) is 0. The lowest BCUT2D eigenvalue weighted by Gasteiger charge is -2.35. The van der Waals surface area contributed by atoms with E-state index in [2.05, 4.69) is 34.9 Å². The third-order valence-corrected chi connectivity index (χ3v) is 5.62. The van der Waals surface area contributed by atoms with Crippen molar-refractivity contribution in [2.45, 2.75) is 6.61 Å². The Morgan fingerprint density at radius 2 is 1.67 bits per heavy atom. The number of halogens is 1. The molecule has 1 aromatic carbocycles. The average Bonchev–Trinajstić information content (AvgIpc) is 2.88. The molecule has 0 spiro atoms. The maximum Gasteiger partial charge on any atom is 0.234 e. The summed E-state index contributed by atoms with van der Waals surface area (Å²) in [5.41, 5.74) is 2.57. The van der Waals surface area contributed by atoms with Crippen LogP contribution in [0.3, 0.4) is 0 Å². The highest BCUT2D eigenvalue weighted by Crippen LogP contribution is 2.21. The van der Waals surface area contributed by atoms with Crippen LogP contribution in [-0.2, 0) is 6.61 Å². The Kier molecular flexibility index (Phi) is 6.25. The smallest absolute Gasteiger partial charge is 0.234 e. The van der Waals surface area contributed by atoms with Crippen molar-refractivity contribution in [1.29, 1.82) is 0 Å². The first-order valence-electron chi connectivity index (χ1n) is 10.7. The van der Waals surface area contributed by atoms with Gasteiger partial charge in [0.05, 0.1) is 18.1 Å². The fourth-order valence-corrected chi connectivity index (χ4v) is 3.87. The Balaban J connectivity index is 1.18. The van der Waals surface area contributed by atoms with Crippen LogP contribution < -0.4 is 14.5 Å². The molecule has 8 nitrogen and oxygen atoms in total. The lowest BCUT2D eigenvalue weighted by Crippen LogP contribution is -2.47. The van der Waals surface area contributed by atoms with Crippen molar-refractivity contribution in [3.8, 4) is 17.3 Å². The van der Waals surface area contributed by atoms with Crippen LogP contribution >= 0.6 is 11.6 Å². The quantitative estimate of drug-likeness (QED) is 0.429. The third kappa shape index (κ3) is 5.18. The zero-order valence-corrected chi connectivity index (χ0v) is 18.6. The SMILES string of the molecule is Clc1cccc(COc2cncc(N3CCN(c4ccc(-c5ccccn5)nn4)CC3)n2)c1. The van der Waals surface area contributed by atoms with Gasteiger partial charge in [0.1, 0.15) is 12.3 Å². The van der Waals surface area contributed by atoms with Crippen LogP contribution in [0.1, 0.15) is 5.56 Å². The molecule has 0 N–H and O–H groups in total. The summed E-state index contributed by atoms with van der Waals surface area (Å²) in [4.78, 5) is 17.7. The van der Waals surface area contributed by atoms with E-state index in [1.165, 1.54) is 0 Å². The van der Waals surface area contributed by atoms with E-state index >= 15 is 0 Å². The van der Waals surface area contributed by atoms with Crippen LogP contribution in [0, 0.1) is 0 Å². The van der Waals surface area contributed by atoms with Gasteiger partial charge in [-0.05, 0) is 42.0 Å². The molecule has 0 atom stereocenters. The van der Waals surface area contributed by atoms with E-state index in [1.807, 2.05) is 54.6 Å². The van der Waals surface area contributed by atoms with Gasteiger partial charge in [-0.25, -0.2) is 0 Å². The molecular weight excluding hydrogens is 438 g/mol. The highest BCUT2D eigenvalue weighted by Gasteiger charge is 2.20. The average molecular weight is 460 g/mol. The number of benzene rings is 1. The van der Waals surface area contributed by atoms with E-state index in [9.17, 15) is 0 Å². The van der Waals surface area contributed by atoms with Crippen molar-refractivity contribution in [3.63, 3.8) is 0 Å². The summed E-state index contributed by atoms with van der Waals surface area (Å²) >= 11 is 6.04. The van der Waals surface area contributed by atoms with Crippen LogP contribution in [0.4, 0.5) is 11.6 Å². The van der Waals surface area contributed by atoms with Gasteiger partial charge < -0.3 is 14.5 Å². The molecule has 0 saturated carbocycles. The Hall–Kier alpha value is -3.78. The van der Waals surface area contributed by atoms with E-state index in [-0.39, 0.29) is 0 Å². The largest absolute Gasteiger partial charge is 0.472 e. The molecule has 1 fully saturated rings. The van der Waals surface area contributed by atoms with Crippen molar-refractivity contribution in [1.82, 2.24) is 25.1 Å². The fourth-order valence-electron chi connectivity index (χ4n) is 3.65. The molecule has 0 bridgehead atoms. The number of rotatable bonds is 6. The first kappa shape index (κ1) is 21.1. The minimum absolute atomic E-state index is 0.389. The summed E-state index contributed by atoms with van der Waals surface area (Å²) in [5.74, 6) is 2.15. The molecule has 0 unspecified atom stereocenters. The molecule has 0 aliphatic carbocycles. The van der Waals surface area contributed by atoms with Crippen LogP contribution in [0.25, 0.3) is 11.4 Å². The number of hydrogen-bond acceptors (Lipinski definition) is 8. The van der Waals surface area contributed by atoms with Crippen molar-refractivity contribution in [2.75, 3.05) is 36.0 Å². The van der Waals surface area contributed by atoms with E-state index in [0.29, 0.717) is 17.5 Å². The molecular formula is C24H22ClN7O. The van der Waals surface area contributed by atoms with Gasteiger partial charge in [-0.1, -0.05) is 29.8 Å². The van der Waals surface area contributed by atoms with Gasteiger partial charge in [0.2, 0.25) is 5.88 Å². The first-order valence-corrected chi connectivity index (χ1v) is 11.1. The van der Waals surface area contributed by atoms with Gasteiger partial charge in [0, 0.05) is 37.4 Å². The first-order chi connectivity index (χ1) is 16.2. The maximum absolute atomic E-state index is 6.04. The van der Waals surface area contributed by atoms with Crippen molar-refractivity contribution < 1.29 is 4.74 Å². The molecule has 0 radical (unpaired) electrons. The molecule has 4 heterocycles. The highest BCUT2D eigenvalue weighted by molar-refractivity contribution is 6.30. The number of pyridine rings is 1. The van der Waals surface area contributed by atoms with Gasteiger partial charge >= 0.3 is 0 Å². The Morgan fingerprint density at radius 1 is 0.818 bits per heavy atom. The second-order valence-electron chi connectivity index (χ2n) is 7.60. The van der Waals surface area contributed by atoms with Gasteiger partial charge in [-0.3, -0.25) is 9.97 Å². The molecule has 1 aliphatic rings. The highest BCUT2D eigenvalue weighted by atomic mass is 35.5. The van der Waals surface area contributed by atoms with Crippen LogP contribution in [0.5, 0.6) is 5.88 Å². The molecule has 5 rings (SSSR count). The zero-order chi connectivity index (χ0) is 22.5. The van der Waals surface area contributed by atoms with E-state index in [1.54, 1.807) is 18.6 Å². The Labute approximate surface area is 196 Å². The number of aromatic nitrogens is 5. The molecule has 9 heteroatoms. The number of nitrogens with zero attached hydrogens (tertiary/aromatic N) is 7. The number of anilines is 2. The van der Waals surface area contributed by atoms with Crippen molar-refractivity contribution in [2.24, 2.45) is 0 Å². The van der Waals surface area contributed by atoms with Gasteiger partial charge in [-0.2, -0.15) is 4.98 Å². The summed E-state index contributed by atoms with van der Waals surface area (Å²) in [6.45, 7) is 3.62.